The zero-order chi connectivity index (χ0) is 17.6. The lowest BCUT2D eigenvalue weighted by molar-refractivity contribution is -0.143. The number of benzene rings is 2. The molecule has 25 heavy (non-hydrogen) atoms. The Morgan fingerprint density at radius 3 is 1.56 bits per heavy atom. The molecule has 2 fully saturated rings. The fourth-order valence-corrected chi connectivity index (χ4v) is 4.95. The standard InChI is InChI=1S/C23H27NO/c1-15-7-11-17(12-8-15)21-19-5-4-6-20(23(19)25)22(24(21)3)18-13-9-16(2)10-14-18/h7-14,19-22H,4-6H2,1-3H3/t19-,20-,21-,22+/m1/s1. The molecule has 1 heterocycles. The third-order valence-electron chi connectivity index (χ3n) is 6.24. The third kappa shape index (κ3) is 2.83. The van der Waals surface area contributed by atoms with Crippen molar-refractivity contribution in [1.29, 1.82) is 0 Å². The van der Waals surface area contributed by atoms with Crippen LogP contribution in [0.25, 0.3) is 0 Å². The van der Waals surface area contributed by atoms with Gasteiger partial charge in [-0.1, -0.05) is 66.1 Å². The first-order valence-electron chi connectivity index (χ1n) is 9.45. The minimum atomic E-state index is 0.146. The molecule has 1 saturated carbocycles. The second kappa shape index (κ2) is 6.42. The maximum Gasteiger partial charge on any atom is 0.142 e. The molecule has 0 unspecified atom stereocenters. The van der Waals surface area contributed by atoms with Gasteiger partial charge in [-0.2, -0.15) is 0 Å². The van der Waals surface area contributed by atoms with Gasteiger partial charge in [0, 0.05) is 23.9 Å². The van der Waals surface area contributed by atoms with Gasteiger partial charge in [0.1, 0.15) is 5.78 Å². The van der Waals surface area contributed by atoms with Crippen molar-refractivity contribution < 1.29 is 4.79 Å². The molecule has 1 aliphatic heterocycles. The zero-order valence-corrected chi connectivity index (χ0v) is 15.4. The Balaban J connectivity index is 1.77. The van der Waals surface area contributed by atoms with Crippen molar-refractivity contribution in [2.45, 2.75) is 45.2 Å². The molecule has 4 rings (SSSR count). The van der Waals surface area contributed by atoms with E-state index in [1.165, 1.54) is 28.7 Å². The zero-order valence-electron chi connectivity index (χ0n) is 15.4. The number of nitrogens with zero attached hydrogens (tertiary/aromatic N) is 1. The summed E-state index contributed by atoms with van der Waals surface area (Å²) in [6, 6.07) is 17.9. The van der Waals surface area contributed by atoms with E-state index in [0.717, 1.165) is 12.8 Å². The lowest BCUT2D eigenvalue weighted by atomic mass is 9.66. The molecule has 130 valence electrons. The van der Waals surface area contributed by atoms with Crippen molar-refractivity contribution in [1.82, 2.24) is 4.90 Å². The van der Waals surface area contributed by atoms with Gasteiger partial charge in [-0.3, -0.25) is 9.69 Å². The summed E-state index contributed by atoms with van der Waals surface area (Å²) in [6.07, 6.45) is 3.22. The molecule has 2 aromatic rings. The van der Waals surface area contributed by atoms with E-state index >= 15 is 0 Å². The summed E-state index contributed by atoms with van der Waals surface area (Å²) in [4.78, 5) is 15.7. The highest BCUT2D eigenvalue weighted by molar-refractivity contribution is 5.87. The number of carbonyl (C=O) groups excluding carboxylic acids is 1. The van der Waals surface area contributed by atoms with Crippen molar-refractivity contribution in [2.24, 2.45) is 11.8 Å². The van der Waals surface area contributed by atoms with E-state index in [1.807, 2.05) is 0 Å². The molecule has 2 heteroatoms. The van der Waals surface area contributed by atoms with Gasteiger partial charge in [-0.15, -0.1) is 0 Å². The highest BCUT2D eigenvalue weighted by Crippen LogP contribution is 2.50. The fraction of sp³-hybridized carbons (Fsp3) is 0.435. The molecule has 4 atom stereocenters. The first kappa shape index (κ1) is 16.5. The summed E-state index contributed by atoms with van der Waals surface area (Å²) >= 11 is 0. The van der Waals surface area contributed by atoms with Crippen LogP contribution in [0.5, 0.6) is 0 Å². The molecular formula is C23H27NO. The average Bonchev–Trinajstić information content (AvgIpc) is 2.60. The number of carbonyl (C=O) groups is 1. The third-order valence-corrected chi connectivity index (χ3v) is 6.24. The molecule has 0 aromatic heterocycles. The Labute approximate surface area is 150 Å². The van der Waals surface area contributed by atoms with Gasteiger partial charge in [0.25, 0.3) is 0 Å². The average molecular weight is 333 g/mol. The second-order valence-corrected chi connectivity index (χ2v) is 7.92. The number of hydrogen-bond donors (Lipinski definition) is 0. The molecule has 2 aliphatic rings. The summed E-state index contributed by atoms with van der Waals surface area (Å²) in [5.41, 5.74) is 5.10. The van der Waals surface area contributed by atoms with Crippen LogP contribution in [0.2, 0.25) is 0 Å². The van der Waals surface area contributed by atoms with Gasteiger partial charge in [0.05, 0.1) is 0 Å². The van der Waals surface area contributed by atoms with Crippen LogP contribution in [0.1, 0.15) is 53.6 Å². The number of piperidine rings is 1. The Morgan fingerprint density at radius 1 is 0.760 bits per heavy atom. The molecule has 2 nitrogen and oxygen atoms in total. The van der Waals surface area contributed by atoms with Crippen molar-refractivity contribution in [2.75, 3.05) is 7.05 Å². The van der Waals surface area contributed by atoms with E-state index in [2.05, 4.69) is 74.3 Å². The Morgan fingerprint density at radius 2 is 1.16 bits per heavy atom. The SMILES string of the molecule is Cc1ccc([C@@H]2[C@H]3CCC[C@@H](C3=O)[C@H](c3ccc(C)cc3)N2C)cc1. The van der Waals surface area contributed by atoms with Crippen molar-refractivity contribution in [3.8, 4) is 0 Å². The minimum absolute atomic E-state index is 0.146. The molecular weight excluding hydrogens is 306 g/mol. The largest absolute Gasteiger partial charge is 0.299 e. The molecule has 0 N–H and O–H groups in total. The first-order chi connectivity index (χ1) is 12.1. The van der Waals surface area contributed by atoms with Gasteiger partial charge in [0.2, 0.25) is 0 Å². The molecule has 2 aromatic carbocycles. The van der Waals surface area contributed by atoms with Crippen LogP contribution in [0.3, 0.4) is 0 Å². The molecule has 1 aliphatic carbocycles. The molecule has 0 amide bonds. The van der Waals surface area contributed by atoms with Crippen LogP contribution >= 0.6 is 0 Å². The van der Waals surface area contributed by atoms with Gasteiger partial charge < -0.3 is 0 Å². The summed E-state index contributed by atoms with van der Waals surface area (Å²) in [7, 11) is 2.22. The highest BCUT2D eigenvalue weighted by Gasteiger charge is 2.49. The van der Waals surface area contributed by atoms with E-state index < -0.39 is 0 Å². The molecule has 1 saturated heterocycles. The predicted molar refractivity (Wildman–Crippen MR) is 101 cm³/mol. The summed E-state index contributed by atoms with van der Waals surface area (Å²) in [6.45, 7) is 4.23. The van der Waals surface area contributed by atoms with Crippen LogP contribution in [0, 0.1) is 25.7 Å². The highest BCUT2D eigenvalue weighted by atomic mass is 16.1. The molecule has 2 bridgehead atoms. The van der Waals surface area contributed by atoms with E-state index in [9.17, 15) is 4.79 Å². The van der Waals surface area contributed by atoms with Gasteiger partial charge in [-0.05, 0) is 44.9 Å². The quantitative estimate of drug-likeness (QED) is 0.769. The van der Waals surface area contributed by atoms with Gasteiger partial charge >= 0.3 is 0 Å². The van der Waals surface area contributed by atoms with E-state index in [1.54, 1.807) is 0 Å². The number of Topliss-reactive ketones (excluding diaryl/α,β-unsaturated/α-hetero) is 1. The summed E-state index contributed by atoms with van der Waals surface area (Å²) in [5.74, 6) is 0.779. The molecule has 0 spiro atoms. The van der Waals surface area contributed by atoms with Crippen LogP contribution in [0.15, 0.2) is 48.5 Å². The lowest BCUT2D eigenvalue weighted by Gasteiger charge is -2.50. The van der Waals surface area contributed by atoms with Gasteiger partial charge in [0.15, 0.2) is 0 Å². The van der Waals surface area contributed by atoms with Crippen molar-refractivity contribution in [3.05, 3.63) is 70.8 Å². The van der Waals surface area contributed by atoms with E-state index in [0.29, 0.717) is 5.78 Å². The number of fused-ring (bicyclic) bond motifs is 2. The van der Waals surface area contributed by atoms with E-state index in [4.69, 9.17) is 0 Å². The number of hydrogen-bond acceptors (Lipinski definition) is 2. The Kier molecular flexibility index (Phi) is 4.24. The predicted octanol–water partition coefficient (Wildman–Crippen LogP) is 5.02. The van der Waals surface area contributed by atoms with Crippen molar-refractivity contribution >= 4 is 5.78 Å². The second-order valence-electron chi connectivity index (χ2n) is 7.92. The van der Waals surface area contributed by atoms with E-state index in [-0.39, 0.29) is 23.9 Å². The van der Waals surface area contributed by atoms with Crippen LogP contribution in [-0.4, -0.2) is 17.7 Å². The number of likely N-dealkylation sites (tertiary alicyclic amines) is 1. The number of aryl methyl sites for hydroxylation is 2. The summed E-state index contributed by atoms with van der Waals surface area (Å²) in [5, 5.41) is 0. The Bertz CT molecular complexity index is 698. The van der Waals surface area contributed by atoms with Gasteiger partial charge in [-0.25, -0.2) is 0 Å². The van der Waals surface area contributed by atoms with Crippen LogP contribution in [0.4, 0.5) is 0 Å². The van der Waals surface area contributed by atoms with Crippen molar-refractivity contribution in [3.63, 3.8) is 0 Å². The van der Waals surface area contributed by atoms with Crippen LogP contribution in [-0.2, 0) is 4.79 Å². The number of ketones is 1. The first-order valence-corrected chi connectivity index (χ1v) is 9.45. The fourth-order valence-electron chi connectivity index (χ4n) is 4.95. The minimum Gasteiger partial charge on any atom is -0.299 e. The Hall–Kier alpha value is -1.93. The topological polar surface area (TPSA) is 20.3 Å². The molecule has 0 radical (unpaired) electrons. The lowest BCUT2D eigenvalue weighted by Crippen LogP contribution is -2.51. The smallest absolute Gasteiger partial charge is 0.142 e. The number of rotatable bonds is 2. The maximum absolute atomic E-state index is 13.2. The summed E-state index contributed by atoms with van der Waals surface area (Å²) < 4.78 is 0. The monoisotopic (exact) mass is 333 g/mol. The maximum atomic E-state index is 13.2. The van der Waals surface area contributed by atoms with Crippen LogP contribution < -0.4 is 0 Å². The normalized spacial score (nSPS) is 29.6.